The van der Waals surface area contributed by atoms with Crippen LogP contribution in [0, 0.1) is 5.92 Å². The second kappa shape index (κ2) is 4.31. The lowest BCUT2D eigenvalue weighted by Crippen LogP contribution is -2.53. The zero-order valence-corrected chi connectivity index (χ0v) is 8.62. The van der Waals surface area contributed by atoms with Gasteiger partial charge in [0, 0.05) is 12.6 Å². The van der Waals surface area contributed by atoms with Gasteiger partial charge in [0.05, 0.1) is 5.92 Å². The van der Waals surface area contributed by atoms with E-state index in [1.165, 1.54) is 6.92 Å². The number of nitrogens with zero attached hydrogens (tertiary/aromatic N) is 1. The monoisotopic (exact) mass is 239 g/mol. The van der Waals surface area contributed by atoms with E-state index in [-0.39, 0.29) is 13.0 Å². The number of carboxylic acid groups (broad SMARTS) is 1. The summed E-state index contributed by atoms with van der Waals surface area (Å²) in [5.41, 5.74) is 0. The molecule has 1 amide bonds. The van der Waals surface area contributed by atoms with Gasteiger partial charge in [0.2, 0.25) is 0 Å². The summed E-state index contributed by atoms with van der Waals surface area (Å²) in [5, 5.41) is 8.79. The molecule has 1 saturated heterocycles. The van der Waals surface area contributed by atoms with Crippen molar-refractivity contribution in [2.24, 2.45) is 5.92 Å². The van der Waals surface area contributed by atoms with Crippen molar-refractivity contribution in [1.29, 1.82) is 0 Å². The van der Waals surface area contributed by atoms with E-state index in [1.807, 2.05) is 0 Å². The molecular weight excluding hydrogens is 227 g/mol. The third kappa shape index (κ3) is 2.45. The molecule has 0 radical (unpaired) electrons. The van der Waals surface area contributed by atoms with Crippen LogP contribution in [0.4, 0.5) is 13.2 Å². The first-order chi connectivity index (χ1) is 7.25. The van der Waals surface area contributed by atoms with Crippen molar-refractivity contribution in [1.82, 2.24) is 4.90 Å². The minimum absolute atomic E-state index is 0.0384. The zero-order chi connectivity index (χ0) is 12.5. The molecule has 4 nitrogen and oxygen atoms in total. The number of carboxylic acids is 1. The Morgan fingerprint density at radius 1 is 1.38 bits per heavy atom. The largest absolute Gasteiger partial charge is 0.481 e. The second-order valence-electron chi connectivity index (χ2n) is 3.82. The molecule has 92 valence electrons. The Balaban J connectivity index is 2.82. The number of halogens is 3. The molecule has 1 heterocycles. The van der Waals surface area contributed by atoms with E-state index in [4.69, 9.17) is 5.11 Å². The van der Waals surface area contributed by atoms with E-state index in [1.54, 1.807) is 0 Å². The molecule has 1 rings (SSSR count). The highest BCUT2D eigenvalue weighted by Crippen LogP contribution is 2.28. The molecule has 0 bridgehead atoms. The lowest BCUT2D eigenvalue weighted by molar-refractivity contribution is -0.190. The van der Waals surface area contributed by atoms with Gasteiger partial charge < -0.3 is 10.0 Å². The maximum Gasteiger partial charge on any atom is 0.471 e. The standard InChI is InChI=1S/C9H12F3NO3/c1-5-6(7(14)15)3-2-4-13(5)8(16)9(10,11)12/h5-6H,2-4H2,1H3,(H,14,15)/t5-,6-/m1/s1. The predicted octanol–water partition coefficient (Wildman–Crippen LogP) is 1.26. The summed E-state index contributed by atoms with van der Waals surface area (Å²) in [6.45, 7) is 1.30. The van der Waals surface area contributed by atoms with Crippen LogP contribution in [0.15, 0.2) is 0 Å². The fourth-order valence-electron chi connectivity index (χ4n) is 1.92. The summed E-state index contributed by atoms with van der Waals surface area (Å²) in [4.78, 5) is 22.4. The summed E-state index contributed by atoms with van der Waals surface area (Å²) in [6, 6.07) is -0.916. The van der Waals surface area contributed by atoms with Crippen LogP contribution in [-0.2, 0) is 9.59 Å². The molecule has 0 aromatic carbocycles. The van der Waals surface area contributed by atoms with Gasteiger partial charge in [0.25, 0.3) is 0 Å². The molecule has 0 aromatic rings. The van der Waals surface area contributed by atoms with Gasteiger partial charge >= 0.3 is 18.1 Å². The number of rotatable bonds is 1. The highest BCUT2D eigenvalue weighted by molar-refractivity contribution is 5.83. The molecule has 0 spiro atoms. The molecule has 0 aromatic heterocycles. The molecule has 7 heteroatoms. The van der Waals surface area contributed by atoms with Gasteiger partial charge in [0.1, 0.15) is 0 Å². The Hall–Kier alpha value is -1.27. The van der Waals surface area contributed by atoms with Crippen LogP contribution >= 0.6 is 0 Å². The van der Waals surface area contributed by atoms with E-state index in [0.717, 1.165) is 0 Å². The van der Waals surface area contributed by atoms with Crippen LogP contribution in [0.3, 0.4) is 0 Å². The van der Waals surface area contributed by atoms with Crippen molar-refractivity contribution in [3.63, 3.8) is 0 Å². The zero-order valence-electron chi connectivity index (χ0n) is 8.62. The van der Waals surface area contributed by atoms with Crippen LogP contribution in [0.25, 0.3) is 0 Å². The Morgan fingerprint density at radius 3 is 2.38 bits per heavy atom. The number of hydrogen-bond donors (Lipinski definition) is 1. The van der Waals surface area contributed by atoms with Gasteiger partial charge in [0.15, 0.2) is 0 Å². The first-order valence-corrected chi connectivity index (χ1v) is 4.85. The van der Waals surface area contributed by atoms with Gasteiger partial charge in [-0.25, -0.2) is 0 Å². The molecule has 16 heavy (non-hydrogen) atoms. The SMILES string of the molecule is C[C@@H]1[C@H](C(=O)O)CCCN1C(=O)C(F)(F)F. The van der Waals surface area contributed by atoms with Gasteiger partial charge in [-0.3, -0.25) is 9.59 Å². The number of aliphatic carboxylic acids is 1. The Kier molecular flexibility index (Phi) is 3.44. The molecule has 1 aliphatic heterocycles. The third-order valence-electron chi connectivity index (χ3n) is 2.81. The highest BCUT2D eigenvalue weighted by atomic mass is 19.4. The molecule has 0 aliphatic carbocycles. The predicted molar refractivity (Wildman–Crippen MR) is 47.6 cm³/mol. The fraction of sp³-hybridized carbons (Fsp3) is 0.778. The maximum atomic E-state index is 12.2. The fourth-order valence-corrected chi connectivity index (χ4v) is 1.92. The van der Waals surface area contributed by atoms with E-state index >= 15 is 0 Å². The molecule has 1 N–H and O–H groups in total. The number of carbonyl (C=O) groups excluding carboxylic acids is 1. The van der Waals surface area contributed by atoms with Crippen molar-refractivity contribution < 1.29 is 27.9 Å². The maximum absolute atomic E-state index is 12.2. The Morgan fingerprint density at radius 2 is 1.94 bits per heavy atom. The number of carbonyl (C=O) groups is 2. The first-order valence-electron chi connectivity index (χ1n) is 4.85. The second-order valence-corrected chi connectivity index (χ2v) is 3.82. The van der Waals surface area contributed by atoms with Crippen LogP contribution in [-0.4, -0.2) is 40.6 Å². The van der Waals surface area contributed by atoms with E-state index in [0.29, 0.717) is 11.3 Å². The topological polar surface area (TPSA) is 57.6 Å². The summed E-state index contributed by atoms with van der Waals surface area (Å²) >= 11 is 0. The first kappa shape index (κ1) is 12.8. The Bertz CT molecular complexity index is 303. The number of alkyl halides is 3. The van der Waals surface area contributed by atoms with Crippen LogP contribution in [0.2, 0.25) is 0 Å². The van der Waals surface area contributed by atoms with E-state index in [9.17, 15) is 22.8 Å². The van der Waals surface area contributed by atoms with Gasteiger partial charge in [-0.15, -0.1) is 0 Å². The van der Waals surface area contributed by atoms with Crippen molar-refractivity contribution in [2.45, 2.75) is 32.0 Å². The van der Waals surface area contributed by atoms with E-state index < -0.39 is 30.0 Å². The molecule has 1 fully saturated rings. The van der Waals surface area contributed by atoms with Crippen LogP contribution in [0.1, 0.15) is 19.8 Å². The lowest BCUT2D eigenvalue weighted by atomic mass is 9.90. The number of likely N-dealkylation sites (tertiary alicyclic amines) is 1. The molecular formula is C9H12F3NO3. The minimum atomic E-state index is -4.94. The number of amides is 1. The summed E-state index contributed by atoms with van der Waals surface area (Å²) in [6.07, 6.45) is -4.35. The average Bonchev–Trinajstić information content (AvgIpc) is 2.15. The summed E-state index contributed by atoms with van der Waals surface area (Å²) < 4.78 is 36.6. The molecule has 2 atom stereocenters. The van der Waals surface area contributed by atoms with Crippen LogP contribution < -0.4 is 0 Å². The van der Waals surface area contributed by atoms with Crippen molar-refractivity contribution in [3.05, 3.63) is 0 Å². The average molecular weight is 239 g/mol. The van der Waals surface area contributed by atoms with Gasteiger partial charge in [-0.05, 0) is 19.8 Å². The van der Waals surface area contributed by atoms with Gasteiger partial charge in [-0.1, -0.05) is 0 Å². The van der Waals surface area contributed by atoms with E-state index in [2.05, 4.69) is 0 Å². The highest BCUT2D eigenvalue weighted by Gasteiger charge is 2.47. The number of piperidine rings is 1. The molecule has 0 saturated carbocycles. The molecule has 1 aliphatic rings. The third-order valence-corrected chi connectivity index (χ3v) is 2.81. The smallest absolute Gasteiger partial charge is 0.471 e. The van der Waals surface area contributed by atoms with Crippen LogP contribution in [0.5, 0.6) is 0 Å². The summed E-state index contributed by atoms with van der Waals surface area (Å²) in [5.74, 6) is -4.03. The Labute approximate surface area is 90.0 Å². The normalized spacial score (nSPS) is 26.6. The summed E-state index contributed by atoms with van der Waals surface area (Å²) in [7, 11) is 0. The van der Waals surface area contributed by atoms with Gasteiger partial charge in [-0.2, -0.15) is 13.2 Å². The van der Waals surface area contributed by atoms with Crippen molar-refractivity contribution >= 4 is 11.9 Å². The lowest BCUT2D eigenvalue weighted by Gasteiger charge is -2.37. The quantitative estimate of drug-likeness (QED) is 0.749. The number of hydrogen-bond acceptors (Lipinski definition) is 2. The van der Waals surface area contributed by atoms with Crippen molar-refractivity contribution in [3.8, 4) is 0 Å². The minimum Gasteiger partial charge on any atom is -0.481 e. The molecule has 0 unspecified atom stereocenters. The van der Waals surface area contributed by atoms with Crippen molar-refractivity contribution in [2.75, 3.05) is 6.54 Å².